The maximum absolute atomic E-state index is 8.99. The average Bonchev–Trinajstić information content (AvgIpc) is 2.92. The Morgan fingerprint density at radius 2 is 2.27 bits per heavy atom. The lowest BCUT2D eigenvalue weighted by Crippen LogP contribution is -2.07. The molecule has 0 aliphatic heterocycles. The number of hydrogen-bond donors (Lipinski definition) is 1. The van der Waals surface area contributed by atoms with Gasteiger partial charge in [0, 0.05) is 6.54 Å². The highest BCUT2D eigenvalue weighted by Gasteiger charge is 2.32. The van der Waals surface area contributed by atoms with E-state index >= 15 is 0 Å². The molecule has 0 aromatic heterocycles. The third-order valence-corrected chi connectivity index (χ3v) is 3.21. The Hall–Kier alpha value is -1.49. The molecule has 2 heteroatoms. The predicted molar refractivity (Wildman–Crippen MR) is 61.7 cm³/mol. The van der Waals surface area contributed by atoms with Crippen LogP contribution in [0.25, 0.3) is 0 Å². The summed E-state index contributed by atoms with van der Waals surface area (Å²) in [5, 5.41) is 12.4. The van der Waals surface area contributed by atoms with Gasteiger partial charge in [0.1, 0.15) is 6.07 Å². The first kappa shape index (κ1) is 10.0. The Bertz CT molecular complexity index is 403. The Kier molecular flexibility index (Phi) is 2.64. The van der Waals surface area contributed by atoms with E-state index in [0.717, 1.165) is 35.2 Å². The number of nitrogens with one attached hydrogen (secondary N) is 1. The molecular weight excluding hydrogens is 184 g/mol. The van der Waals surface area contributed by atoms with Crippen LogP contribution >= 0.6 is 0 Å². The molecule has 2 atom stereocenters. The maximum atomic E-state index is 8.99. The summed E-state index contributed by atoms with van der Waals surface area (Å²) in [6.45, 7) is 5.32. The van der Waals surface area contributed by atoms with E-state index in [1.807, 2.05) is 25.1 Å². The number of nitrogens with zero attached hydrogens (tertiary/aromatic N) is 1. The van der Waals surface area contributed by atoms with E-state index in [-0.39, 0.29) is 0 Å². The quantitative estimate of drug-likeness (QED) is 0.814. The highest BCUT2D eigenvalue weighted by molar-refractivity contribution is 5.62. The van der Waals surface area contributed by atoms with Crippen molar-refractivity contribution in [2.45, 2.75) is 20.3 Å². The van der Waals surface area contributed by atoms with Gasteiger partial charge < -0.3 is 5.32 Å². The molecule has 1 fully saturated rings. The van der Waals surface area contributed by atoms with E-state index in [9.17, 15) is 0 Å². The Morgan fingerprint density at radius 3 is 2.87 bits per heavy atom. The van der Waals surface area contributed by atoms with Crippen LogP contribution in [0.15, 0.2) is 18.2 Å². The molecule has 1 aliphatic rings. The summed E-state index contributed by atoms with van der Waals surface area (Å²) < 4.78 is 0. The van der Waals surface area contributed by atoms with Crippen LogP contribution in [-0.4, -0.2) is 6.54 Å². The average molecular weight is 200 g/mol. The highest BCUT2D eigenvalue weighted by atomic mass is 14.9. The lowest BCUT2D eigenvalue weighted by Gasteiger charge is -2.10. The third kappa shape index (κ3) is 2.12. The van der Waals surface area contributed by atoms with Gasteiger partial charge in [0.15, 0.2) is 0 Å². The summed E-state index contributed by atoms with van der Waals surface area (Å²) >= 11 is 0. The van der Waals surface area contributed by atoms with E-state index in [1.54, 1.807) is 0 Å². The number of hydrogen-bond acceptors (Lipinski definition) is 2. The molecule has 1 aromatic rings. The van der Waals surface area contributed by atoms with Crippen molar-refractivity contribution in [3.8, 4) is 6.07 Å². The minimum Gasteiger partial charge on any atom is -0.383 e. The van der Waals surface area contributed by atoms with Gasteiger partial charge >= 0.3 is 0 Å². The highest BCUT2D eigenvalue weighted by Crippen LogP contribution is 2.37. The van der Waals surface area contributed by atoms with Crippen LogP contribution in [0.2, 0.25) is 0 Å². The second-order valence-corrected chi connectivity index (χ2v) is 4.46. The molecule has 15 heavy (non-hydrogen) atoms. The molecule has 0 bridgehead atoms. The minimum atomic E-state index is 0.753. The molecule has 2 unspecified atom stereocenters. The van der Waals surface area contributed by atoms with Crippen LogP contribution in [-0.2, 0) is 0 Å². The molecule has 0 spiro atoms. The summed E-state index contributed by atoms with van der Waals surface area (Å²) in [7, 11) is 0. The van der Waals surface area contributed by atoms with Crippen molar-refractivity contribution in [3.05, 3.63) is 29.3 Å². The van der Waals surface area contributed by atoms with Gasteiger partial charge in [0.25, 0.3) is 0 Å². The summed E-state index contributed by atoms with van der Waals surface area (Å²) in [4.78, 5) is 0. The van der Waals surface area contributed by atoms with E-state index in [2.05, 4.69) is 18.3 Å². The fourth-order valence-corrected chi connectivity index (χ4v) is 1.91. The first-order valence-corrected chi connectivity index (χ1v) is 5.46. The SMILES string of the molecule is Cc1cccc(C#N)c1NCC1CC1C. The summed E-state index contributed by atoms with van der Waals surface area (Å²) in [5.41, 5.74) is 2.92. The standard InChI is InChI=1S/C13H16N2/c1-9-4-3-5-11(7-14)13(9)15-8-12-6-10(12)2/h3-5,10,12,15H,6,8H2,1-2H3. The fraction of sp³-hybridized carbons (Fsp3) is 0.462. The second kappa shape index (κ2) is 3.94. The fourth-order valence-electron chi connectivity index (χ4n) is 1.91. The molecule has 1 N–H and O–H groups in total. The zero-order valence-electron chi connectivity index (χ0n) is 9.25. The van der Waals surface area contributed by atoms with Crippen molar-refractivity contribution in [2.24, 2.45) is 11.8 Å². The summed E-state index contributed by atoms with van der Waals surface area (Å²) in [5.74, 6) is 1.66. The molecule has 0 amide bonds. The molecule has 0 heterocycles. The van der Waals surface area contributed by atoms with E-state index in [1.165, 1.54) is 6.42 Å². The molecule has 1 aromatic carbocycles. The van der Waals surface area contributed by atoms with Gasteiger partial charge in [0.2, 0.25) is 0 Å². The van der Waals surface area contributed by atoms with Crippen LogP contribution in [0, 0.1) is 30.1 Å². The largest absolute Gasteiger partial charge is 0.383 e. The topological polar surface area (TPSA) is 35.8 Å². The van der Waals surface area contributed by atoms with Crippen molar-refractivity contribution in [1.29, 1.82) is 5.26 Å². The molecule has 0 radical (unpaired) electrons. The monoisotopic (exact) mass is 200 g/mol. The van der Waals surface area contributed by atoms with Crippen molar-refractivity contribution in [3.63, 3.8) is 0 Å². The predicted octanol–water partition coefficient (Wildman–Crippen LogP) is 2.93. The number of para-hydroxylation sites is 1. The van der Waals surface area contributed by atoms with Gasteiger partial charge in [-0.05, 0) is 36.8 Å². The summed E-state index contributed by atoms with van der Waals surface area (Å²) in [6, 6.07) is 8.07. The first-order chi connectivity index (χ1) is 7.22. The van der Waals surface area contributed by atoms with Crippen LogP contribution in [0.1, 0.15) is 24.5 Å². The Balaban J connectivity index is 2.09. The molecule has 2 nitrogen and oxygen atoms in total. The minimum absolute atomic E-state index is 0.753. The van der Waals surface area contributed by atoms with Crippen LogP contribution < -0.4 is 5.32 Å². The van der Waals surface area contributed by atoms with Gasteiger partial charge in [0.05, 0.1) is 11.3 Å². The van der Waals surface area contributed by atoms with Crippen LogP contribution in [0.4, 0.5) is 5.69 Å². The van der Waals surface area contributed by atoms with Gasteiger partial charge in [-0.3, -0.25) is 0 Å². The summed E-state index contributed by atoms with van der Waals surface area (Å²) in [6.07, 6.45) is 1.32. The lowest BCUT2D eigenvalue weighted by atomic mass is 10.1. The molecule has 2 rings (SSSR count). The number of rotatable bonds is 3. The van der Waals surface area contributed by atoms with Gasteiger partial charge in [-0.25, -0.2) is 0 Å². The number of anilines is 1. The Morgan fingerprint density at radius 1 is 1.53 bits per heavy atom. The number of aryl methyl sites for hydroxylation is 1. The van der Waals surface area contributed by atoms with E-state index in [4.69, 9.17) is 5.26 Å². The Labute approximate surface area is 90.9 Å². The van der Waals surface area contributed by atoms with Gasteiger partial charge in [-0.15, -0.1) is 0 Å². The first-order valence-electron chi connectivity index (χ1n) is 5.46. The van der Waals surface area contributed by atoms with E-state index in [0.29, 0.717) is 0 Å². The third-order valence-electron chi connectivity index (χ3n) is 3.21. The van der Waals surface area contributed by atoms with Gasteiger partial charge in [-0.2, -0.15) is 5.26 Å². The molecule has 0 saturated heterocycles. The van der Waals surface area contributed by atoms with Crippen molar-refractivity contribution in [1.82, 2.24) is 0 Å². The van der Waals surface area contributed by atoms with Crippen molar-refractivity contribution < 1.29 is 0 Å². The molecule has 78 valence electrons. The molecule has 1 saturated carbocycles. The van der Waals surface area contributed by atoms with Crippen LogP contribution in [0.3, 0.4) is 0 Å². The van der Waals surface area contributed by atoms with E-state index < -0.39 is 0 Å². The maximum Gasteiger partial charge on any atom is 0.101 e. The van der Waals surface area contributed by atoms with Crippen molar-refractivity contribution >= 4 is 5.69 Å². The zero-order chi connectivity index (χ0) is 10.8. The normalized spacial score (nSPS) is 23.3. The molecule has 1 aliphatic carbocycles. The van der Waals surface area contributed by atoms with Crippen molar-refractivity contribution in [2.75, 3.05) is 11.9 Å². The smallest absolute Gasteiger partial charge is 0.101 e. The number of benzene rings is 1. The molecular formula is C13H16N2. The second-order valence-electron chi connectivity index (χ2n) is 4.46. The lowest BCUT2D eigenvalue weighted by molar-refractivity contribution is 0.786. The van der Waals surface area contributed by atoms with Gasteiger partial charge in [-0.1, -0.05) is 19.1 Å². The zero-order valence-corrected chi connectivity index (χ0v) is 9.25. The van der Waals surface area contributed by atoms with Crippen LogP contribution in [0.5, 0.6) is 0 Å². The number of nitriles is 1.